The first kappa shape index (κ1) is 21.4. The van der Waals surface area contributed by atoms with Gasteiger partial charge in [0, 0.05) is 31.9 Å². The second kappa shape index (κ2) is 10.5. The monoisotopic (exact) mass is 420 g/mol. The summed E-state index contributed by atoms with van der Waals surface area (Å²) in [5.74, 6) is -0.417. The zero-order valence-electron chi connectivity index (χ0n) is 17.0. The lowest BCUT2D eigenvalue weighted by molar-refractivity contribution is 0.0505. The van der Waals surface area contributed by atoms with Gasteiger partial charge in [-0.1, -0.05) is 0 Å². The van der Waals surface area contributed by atoms with E-state index in [2.05, 4.69) is 14.8 Å². The standard InChI is InChI=1S/C20H28N4O4S/c1-3-24-18-15(7-4-10-27-11-6-9-21-19(18)25)16(22-24)8-5-12-28-20(26)17-13-14(2)23-29-17/h13H,3-12H2,1-2H3,(H,21,25). The Kier molecular flexibility index (Phi) is 7.76. The van der Waals surface area contributed by atoms with E-state index in [9.17, 15) is 9.59 Å². The van der Waals surface area contributed by atoms with Crippen molar-refractivity contribution in [3.05, 3.63) is 33.6 Å². The Morgan fingerprint density at radius 3 is 2.97 bits per heavy atom. The van der Waals surface area contributed by atoms with E-state index in [4.69, 9.17) is 9.47 Å². The maximum Gasteiger partial charge on any atom is 0.349 e. The average Bonchev–Trinajstić information content (AvgIpc) is 3.29. The molecule has 0 radical (unpaired) electrons. The lowest BCUT2D eigenvalue weighted by atomic mass is 10.0. The number of ether oxygens (including phenoxy) is 2. The number of carbonyl (C=O) groups is 2. The topological polar surface area (TPSA) is 95.3 Å². The van der Waals surface area contributed by atoms with Crippen molar-refractivity contribution in [1.29, 1.82) is 0 Å². The fraction of sp³-hybridized carbons (Fsp3) is 0.600. The number of rotatable bonds is 6. The maximum absolute atomic E-state index is 12.7. The summed E-state index contributed by atoms with van der Waals surface area (Å²) in [4.78, 5) is 25.3. The van der Waals surface area contributed by atoms with Crippen LogP contribution < -0.4 is 5.32 Å². The van der Waals surface area contributed by atoms with E-state index in [0.717, 1.165) is 47.7 Å². The molecule has 3 heterocycles. The SMILES string of the molecule is CCn1nc(CCCOC(=O)c2cc(C)ns2)c2c1C(=O)NCCCOCCC2. The number of aromatic nitrogens is 3. The van der Waals surface area contributed by atoms with E-state index in [-0.39, 0.29) is 11.9 Å². The van der Waals surface area contributed by atoms with Crippen LogP contribution in [0.4, 0.5) is 0 Å². The zero-order chi connectivity index (χ0) is 20.6. The summed E-state index contributed by atoms with van der Waals surface area (Å²) in [6.07, 6.45) is 3.70. The number of hydrogen-bond acceptors (Lipinski definition) is 7. The van der Waals surface area contributed by atoms with Crippen LogP contribution in [-0.2, 0) is 28.9 Å². The first-order valence-corrected chi connectivity index (χ1v) is 10.9. The average molecular weight is 421 g/mol. The second-order valence-corrected chi connectivity index (χ2v) is 7.79. The van der Waals surface area contributed by atoms with E-state index < -0.39 is 0 Å². The summed E-state index contributed by atoms with van der Waals surface area (Å²) in [6, 6.07) is 1.73. The van der Waals surface area contributed by atoms with E-state index in [1.54, 1.807) is 10.7 Å². The molecule has 0 unspecified atom stereocenters. The molecule has 0 fully saturated rings. The normalized spacial score (nSPS) is 15.3. The quantitative estimate of drug-likeness (QED) is 0.570. The molecular weight excluding hydrogens is 392 g/mol. The maximum atomic E-state index is 12.7. The van der Waals surface area contributed by atoms with Crippen LogP contribution in [0.3, 0.4) is 0 Å². The van der Waals surface area contributed by atoms with Gasteiger partial charge in [0.05, 0.1) is 18.0 Å². The van der Waals surface area contributed by atoms with Gasteiger partial charge in [-0.15, -0.1) is 0 Å². The van der Waals surface area contributed by atoms with Gasteiger partial charge in [-0.2, -0.15) is 9.47 Å². The predicted octanol–water partition coefficient (Wildman–Crippen LogP) is 2.54. The fourth-order valence-electron chi connectivity index (χ4n) is 3.34. The first-order chi connectivity index (χ1) is 14.1. The first-order valence-electron chi connectivity index (χ1n) is 10.1. The largest absolute Gasteiger partial charge is 0.461 e. The van der Waals surface area contributed by atoms with Crippen LogP contribution in [0.15, 0.2) is 6.07 Å². The van der Waals surface area contributed by atoms with Crippen molar-refractivity contribution in [3.8, 4) is 0 Å². The third kappa shape index (κ3) is 5.63. The third-order valence-electron chi connectivity index (χ3n) is 4.74. The predicted molar refractivity (Wildman–Crippen MR) is 109 cm³/mol. The summed E-state index contributed by atoms with van der Waals surface area (Å²) >= 11 is 1.15. The molecule has 3 rings (SSSR count). The molecule has 29 heavy (non-hydrogen) atoms. The van der Waals surface area contributed by atoms with Gasteiger partial charge < -0.3 is 14.8 Å². The van der Waals surface area contributed by atoms with E-state index in [1.165, 1.54) is 0 Å². The van der Waals surface area contributed by atoms with Crippen molar-refractivity contribution in [1.82, 2.24) is 19.5 Å². The summed E-state index contributed by atoms with van der Waals surface area (Å²) in [6.45, 7) is 6.70. The lowest BCUT2D eigenvalue weighted by Crippen LogP contribution is -2.28. The molecule has 2 aromatic heterocycles. The van der Waals surface area contributed by atoms with Gasteiger partial charge in [-0.25, -0.2) is 4.79 Å². The Balaban J connectivity index is 1.65. The van der Waals surface area contributed by atoms with Crippen LogP contribution >= 0.6 is 11.5 Å². The number of carbonyl (C=O) groups excluding carboxylic acids is 2. The fourth-order valence-corrected chi connectivity index (χ4v) is 4.00. The van der Waals surface area contributed by atoms with Gasteiger partial charge in [0.25, 0.3) is 5.91 Å². The molecule has 0 spiro atoms. The smallest absolute Gasteiger partial charge is 0.349 e. The minimum Gasteiger partial charge on any atom is -0.461 e. The highest BCUT2D eigenvalue weighted by atomic mass is 32.1. The van der Waals surface area contributed by atoms with Gasteiger partial charge in [0.1, 0.15) is 10.6 Å². The van der Waals surface area contributed by atoms with Gasteiger partial charge in [0.2, 0.25) is 0 Å². The third-order valence-corrected chi connectivity index (χ3v) is 5.60. The Bertz CT molecular complexity index is 846. The van der Waals surface area contributed by atoms with Crippen LogP contribution in [0.2, 0.25) is 0 Å². The number of amides is 1. The minimum atomic E-state index is -0.342. The number of hydrogen-bond donors (Lipinski definition) is 1. The van der Waals surface area contributed by atoms with Crippen molar-refractivity contribution >= 4 is 23.4 Å². The highest BCUT2D eigenvalue weighted by Crippen LogP contribution is 2.20. The van der Waals surface area contributed by atoms with Gasteiger partial charge in [0.15, 0.2) is 0 Å². The van der Waals surface area contributed by atoms with Crippen LogP contribution in [0.1, 0.15) is 63.3 Å². The molecule has 2 aromatic rings. The molecule has 158 valence electrons. The number of nitrogens with zero attached hydrogens (tertiary/aromatic N) is 3. The van der Waals surface area contributed by atoms with Gasteiger partial charge >= 0.3 is 5.97 Å². The Labute approximate surface area is 174 Å². The molecule has 0 aromatic carbocycles. The summed E-state index contributed by atoms with van der Waals surface area (Å²) in [5.41, 5.74) is 3.36. The molecule has 1 N–H and O–H groups in total. The summed E-state index contributed by atoms with van der Waals surface area (Å²) in [7, 11) is 0. The van der Waals surface area contributed by atoms with Crippen molar-refractivity contribution in [2.45, 2.75) is 52.5 Å². The molecule has 0 atom stereocenters. The molecular formula is C20H28N4O4S. The number of nitrogens with one attached hydrogen (secondary N) is 1. The van der Waals surface area contributed by atoms with Crippen molar-refractivity contribution < 1.29 is 19.1 Å². The van der Waals surface area contributed by atoms with E-state index in [0.29, 0.717) is 56.3 Å². The van der Waals surface area contributed by atoms with E-state index >= 15 is 0 Å². The van der Waals surface area contributed by atoms with Crippen molar-refractivity contribution in [2.24, 2.45) is 0 Å². The highest BCUT2D eigenvalue weighted by Gasteiger charge is 2.23. The molecule has 0 aliphatic carbocycles. The zero-order valence-corrected chi connectivity index (χ0v) is 17.8. The molecule has 1 aliphatic rings. The number of fused-ring (bicyclic) bond motifs is 1. The van der Waals surface area contributed by atoms with E-state index in [1.807, 2.05) is 13.8 Å². The van der Waals surface area contributed by atoms with Gasteiger partial charge in [-0.05, 0) is 63.6 Å². The van der Waals surface area contributed by atoms with Crippen LogP contribution in [0.5, 0.6) is 0 Å². The molecule has 8 nitrogen and oxygen atoms in total. The molecule has 1 amide bonds. The molecule has 9 heteroatoms. The summed E-state index contributed by atoms with van der Waals surface area (Å²) < 4.78 is 16.9. The number of esters is 1. The molecule has 1 aliphatic heterocycles. The minimum absolute atomic E-state index is 0.0745. The van der Waals surface area contributed by atoms with Crippen molar-refractivity contribution in [2.75, 3.05) is 26.4 Å². The molecule has 0 bridgehead atoms. The van der Waals surface area contributed by atoms with Crippen LogP contribution in [-0.4, -0.2) is 52.4 Å². The Morgan fingerprint density at radius 2 is 2.21 bits per heavy atom. The molecule has 0 saturated carbocycles. The summed E-state index contributed by atoms with van der Waals surface area (Å²) in [5, 5.41) is 7.65. The Morgan fingerprint density at radius 1 is 1.38 bits per heavy atom. The van der Waals surface area contributed by atoms with Crippen LogP contribution in [0.25, 0.3) is 0 Å². The second-order valence-electron chi connectivity index (χ2n) is 6.99. The molecule has 0 saturated heterocycles. The van der Waals surface area contributed by atoms with Gasteiger partial charge in [-0.3, -0.25) is 9.48 Å². The Hall–Kier alpha value is -2.26. The van der Waals surface area contributed by atoms with Crippen molar-refractivity contribution in [3.63, 3.8) is 0 Å². The number of aryl methyl sites for hydroxylation is 3. The lowest BCUT2D eigenvalue weighted by Gasteiger charge is -2.08. The van der Waals surface area contributed by atoms with Crippen LogP contribution in [0, 0.1) is 6.92 Å². The highest BCUT2D eigenvalue weighted by molar-refractivity contribution is 7.08.